The lowest BCUT2D eigenvalue weighted by atomic mass is 10.0. The van der Waals surface area contributed by atoms with Crippen LogP contribution in [0, 0.1) is 0 Å². The van der Waals surface area contributed by atoms with Gasteiger partial charge in [0.15, 0.2) is 5.96 Å². The minimum absolute atomic E-state index is 0. The molecule has 20 heavy (non-hydrogen) atoms. The molecule has 0 spiro atoms. The summed E-state index contributed by atoms with van der Waals surface area (Å²) < 4.78 is 10.8. The monoisotopic (exact) mass is 399 g/mol. The molecule has 0 aromatic rings. The Balaban J connectivity index is 0.00000361. The molecular weight excluding hydrogens is 369 g/mol. The van der Waals surface area contributed by atoms with E-state index in [1.54, 1.807) is 14.2 Å². The van der Waals surface area contributed by atoms with Gasteiger partial charge < -0.3 is 20.1 Å². The molecule has 1 fully saturated rings. The maximum Gasteiger partial charge on any atom is 0.191 e. The van der Waals surface area contributed by atoms with E-state index in [1.807, 2.05) is 0 Å². The van der Waals surface area contributed by atoms with E-state index in [1.165, 1.54) is 6.42 Å². The lowest BCUT2D eigenvalue weighted by Gasteiger charge is -2.24. The summed E-state index contributed by atoms with van der Waals surface area (Å²) in [4.78, 5) is 4.23. The maximum atomic E-state index is 5.75. The molecule has 0 amide bonds. The SMILES string of the molecule is CN=C(NCCCCCOC)NCC1(C)CCCO1.I. The molecule has 0 aliphatic carbocycles. The van der Waals surface area contributed by atoms with Crippen LogP contribution in [0.4, 0.5) is 0 Å². The number of hydrogen-bond donors (Lipinski definition) is 2. The maximum absolute atomic E-state index is 5.75. The van der Waals surface area contributed by atoms with Crippen LogP contribution >= 0.6 is 24.0 Å². The summed E-state index contributed by atoms with van der Waals surface area (Å²) in [5.74, 6) is 0.864. The second-order valence-corrected chi connectivity index (χ2v) is 5.31. The number of unbranched alkanes of at least 4 members (excludes halogenated alkanes) is 2. The van der Waals surface area contributed by atoms with Crippen molar-refractivity contribution < 1.29 is 9.47 Å². The zero-order valence-electron chi connectivity index (χ0n) is 13.0. The van der Waals surface area contributed by atoms with Gasteiger partial charge in [0.05, 0.1) is 5.60 Å². The number of nitrogens with zero attached hydrogens (tertiary/aromatic N) is 1. The Bertz CT molecular complexity index is 269. The van der Waals surface area contributed by atoms with Crippen LogP contribution in [0.3, 0.4) is 0 Å². The highest BCUT2D eigenvalue weighted by Crippen LogP contribution is 2.23. The lowest BCUT2D eigenvalue weighted by Crippen LogP contribution is -2.45. The quantitative estimate of drug-likeness (QED) is 0.284. The molecule has 120 valence electrons. The summed E-state index contributed by atoms with van der Waals surface area (Å²) in [6, 6.07) is 0. The zero-order valence-corrected chi connectivity index (χ0v) is 15.4. The van der Waals surface area contributed by atoms with E-state index < -0.39 is 0 Å². The number of rotatable bonds is 8. The third-order valence-electron chi connectivity index (χ3n) is 3.47. The average molecular weight is 399 g/mol. The standard InChI is InChI=1S/C14H29N3O2.HI/c1-14(8-7-11-19-14)12-17-13(15-2)16-9-5-4-6-10-18-3;/h4-12H2,1-3H3,(H2,15,16,17);1H. The number of guanidine groups is 1. The molecule has 0 radical (unpaired) electrons. The molecule has 6 heteroatoms. The number of methoxy groups -OCH3 is 1. The number of halogens is 1. The summed E-state index contributed by atoms with van der Waals surface area (Å²) in [6.45, 7) is 5.65. The lowest BCUT2D eigenvalue weighted by molar-refractivity contribution is 0.0243. The molecule has 1 unspecified atom stereocenters. The van der Waals surface area contributed by atoms with Crippen LogP contribution < -0.4 is 10.6 Å². The van der Waals surface area contributed by atoms with Crippen LogP contribution in [0.2, 0.25) is 0 Å². The van der Waals surface area contributed by atoms with E-state index in [0.29, 0.717) is 0 Å². The zero-order chi connectivity index (χ0) is 14.0. The molecule has 1 atom stereocenters. The first-order valence-electron chi connectivity index (χ1n) is 7.27. The smallest absolute Gasteiger partial charge is 0.191 e. The Morgan fingerprint density at radius 2 is 2.10 bits per heavy atom. The van der Waals surface area contributed by atoms with E-state index >= 15 is 0 Å². The molecule has 1 aliphatic heterocycles. The van der Waals surface area contributed by atoms with Crippen LogP contribution in [0.15, 0.2) is 4.99 Å². The van der Waals surface area contributed by atoms with Crippen LogP contribution in [-0.2, 0) is 9.47 Å². The fraction of sp³-hybridized carbons (Fsp3) is 0.929. The molecule has 2 N–H and O–H groups in total. The normalized spacial score (nSPS) is 22.4. The predicted molar refractivity (Wildman–Crippen MR) is 94.1 cm³/mol. The Kier molecular flexibility index (Phi) is 11.5. The van der Waals surface area contributed by atoms with Crippen molar-refractivity contribution >= 4 is 29.9 Å². The van der Waals surface area contributed by atoms with Crippen molar-refractivity contribution in [3.63, 3.8) is 0 Å². The van der Waals surface area contributed by atoms with E-state index in [2.05, 4.69) is 22.5 Å². The van der Waals surface area contributed by atoms with Crippen LogP contribution in [0.1, 0.15) is 39.0 Å². The van der Waals surface area contributed by atoms with Crippen molar-refractivity contribution in [2.24, 2.45) is 4.99 Å². The fourth-order valence-electron chi connectivity index (χ4n) is 2.22. The summed E-state index contributed by atoms with van der Waals surface area (Å²) in [5.41, 5.74) is -0.0317. The van der Waals surface area contributed by atoms with Crippen molar-refractivity contribution in [3.8, 4) is 0 Å². The van der Waals surface area contributed by atoms with E-state index in [4.69, 9.17) is 9.47 Å². The Morgan fingerprint density at radius 1 is 1.30 bits per heavy atom. The van der Waals surface area contributed by atoms with E-state index in [-0.39, 0.29) is 29.6 Å². The van der Waals surface area contributed by atoms with Crippen LogP contribution in [0.5, 0.6) is 0 Å². The van der Waals surface area contributed by atoms with Gasteiger partial charge in [-0.2, -0.15) is 0 Å². The van der Waals surface area contributed by atoms with Crippen molar-refractivity contribution in [2.45, 2.75) is 44.6 Å². The van der Waals surface area contributed by atoms with Gasteiger partial charge in [-0.1, -0.05) is 0 Å². The number of ether oxygens (including phenoxy) is 2. The fourth-order valence-corrected chi connectivity index (χ4v) is 2.22. The van der Waals surface area contributed by atoms with Gasteiger partial charge in [0.25, 0.3) is 0 Å². The topological polar surface area (TPSA) is 54.9 Å². The first-order valence-corrected chi connectivity index (χ1v) is 7.27. The number of hydrogen-bond acceptors (Lipinski definition) is 3. The second-order valence-electron chi connectivity index (χ2n) is 5.31. The molecule has 5 nitrogen and oxygen atoms in total. The average Bonchev–Trinajstić information content (AvgIpc) is 2.84. The first-order chi connectivity index (χ1) is 9.20. The predicted octanol–water partition coefficient (Wildman–Crippen LogP) is 2.16. The molecule has 0 bridgehead atoms. The minimum Gasteiger partial charge on any atom is -0.385 e. The van der Waals surface area contributed by atoms with E-state index in [9.17, 15) is 0 Å². The largest absolute Gasteiger partial charge is 0.385 e. The molecule has 1 rings (SSSR count). The van der Waals surface area contributed by atoms with Crippen LogP contribution in [-0.4, -0.2) is 52.0 Å². The molecule has 0 saturated carbocycles. The molecule has 1 saturated heterocycles. The highest BCUT2D eigenvalue weighted by molar-refractivity contribution is 14.0. The molecular formula is C14H30IN3O2. The Hall–Kier alpha value is -0.0800. The van der Waals surface area contributed by atoms with Gasteiger partial charge in [0, 0.05) is 40.5 Å². The van der Waals surface area contributed by atoms with Gasteiger partial charge in [-0.3, -0.25) is 4.99 Å². The second kappa shape index (κ2) is 11.6. The minimum atomic E-state index is -0.0317. The van der Waals surface area contributed by atoms with Gasteiger partial charge >= 0.3 is 0 Å². The van der Waals surface area contributed by atoms with Crippen molar-refractivity contribution in [1.29, 1.82) is 0 Å². The highest BCUT2D eigenvalue weighted by Gasteiger charge is 2.29. The van der Waals surface area contributed by atoms with E-state index in [0.717, 1.165) is 57.9 Å². The molecule has 1 heterocycles. The van der Waals surface area contributed by atoms with Gasteiger partial charge in [0.1, 0.15) is 0 Å². The number of nitrogens with one attached hydrogen (secondary N) is 2. The molecule has 1 aliphatic rings. The van der Waals surface area contributed by atoms with Gasteiger partial charge in [-0.15, -0.1) is 24.0 Å². The van der Waals surface area contributed by atoms with Crippen molar-refractivity contribution in [2.75, 3.05) is 40.5 Å². The summed E-state index contributed by atoms with van der Waals surface area (Å²) >= 11 is 0. The third-order valence-corrected chi connectivity index (χ3v) is 3.47. The van der Waals surface area contributed by atoms with Crippen molar-refractivity contribution in [3.05, 3.63) is 0 Å². The van der Waals surface area contributed by atoms with Crippen molar-refractivity contribution in [1.82, 2.24) is 10.6 Å². The Labute approximate surface area is 140 Å². The first kappa shape index (κ1) is 19.9. The van der Waals surface area contributed by atoms with Gasteiger partial charge in [-0.25, -0.2) is 0 Å². The summed E-state index contributed by atoms with van der Waals surface area (Å²) in [5, 5.41) is 6.67. The Morgan fingerprint density at radius 3 is 2.70 bits per heavy atom. The number of aliphatic imine (C=N–C) groups is 1. The molecule has 0 aromatic carbocycles. The summed E-state index contributed by atoms with van der Waals surface area (Å²) in [6.07, 6.45) is 5.71. The summed E-state index contributed by atoms with van der Waals surface area (Å²) in [7, 11) is 3.55. The third kappa shape index (κ3) is 8.26. The molecule has 0 aromatic heterocycles. The van der Waals surface area contributed by atoms with Gasteiger partial charge in [0.2, 0.25) is 0 Å². The highest BCUT2D eigenvalue weighted by atomic mass is 127. The van der Waals surface area contributed by atoms with Gasteiger partial charge in [-0.05, 0) is 39.0 Å². The van der Waals surface area contributed by atoms with Crippen LogP contribution in [0.25, 0.3) is 0 Å².